The van der Waals surface area contributed by atoms with Crippen LogP contribution < -0.4 is 5.43 Å². The summed E-state index contributed by atoms with van der Waals surface area (Å²) in [7, 11) is 0. The monoisotopic (exact) mass is 632 g/mol. The lowest BCUT2D eigenvalue weighted by Crippen LogP contribution is -2.19. The van der Waals surface area contributed by atoms with Crippen molar-refractivity contribution in [2.24, 2.45) is 5.10 Å². The summed E-state index contributed by atoms with van der Waals surface area (Å²) in [5, 5.41) is 18.0. The van der Waals surface area contributed by atoms with E-state index < -0.39 is 5.91 Å². The number of nitrogens with one attached hydrogen (secondary N) is 1. The number of carbonyl (C=O) groups is 1. The SMILES string of the molecule is O=C(NN=Cc1cc(Br)c(O)c(Br)c1)c1nn(Cc2ccc(Br)cc2)cc1Br. The van der Waals surface area contributed by atoms with E-state index in [9.17, 15) is 9.90 Å². The number of hydrazone groups is 1. The molecule has 28 heavy (non-hydrogen) atoms. The first-order valence-electron chi connectivity index (χ1n) is 7.82. The number of carbonyl (C=O) groups excluding carboxylic acids is 1. The number of phenolic OH excluding ortho intramolecular Hbond substituents is 1. The minimum Gasteiger partial charge on any atom is -0.506 e. The molecule has 0 aliphatic carbocycles. The molecule has 3 rings (SSSR count). The van der Waals surface area contributed by atoms with E-state index in [1.165, 1.54) is 6.21 Å². The second-order valence-electron chi connectivity index (χ2n) is 5.68. The number of benzene rings is 2. The van der Waals surface area contributed by atoms with E-state index in [0.29, 0.717) is 25.5 Å². The van der Waals surface area contributed by atoms with Crippen molar-refractivity contribution in [2.75, 3.05) is 0 Å². The molecular formula is C18H12Br4N4O2. The largest absolute Gasteiger partial charge is 0.506 e. The lowest BCUT2D eigenvalue weighted by molar-refractivity contribution is 0.0948. The molecule has 3 aromatic rings. The smallest absolute Gasteiger partial charge is 0.293 e. The Bertz CT molecular complexity index is 1030. The number of hydrogen-bond acceptors (Lipinski definition) is 4. The normalized spacial score (nSPS) is 11.1. The fraction of sp³-hybridized carbons (Fsp3) is 0.0556. The Morgan fingerprint density at radius 3 is 2.39 bits per heavy atom. The van der Waals surface area contributed by atoms with Crippen molar-refractivity contribution in [3.8, 4) is 5.75 Å². The average Bonchev–Trinajstić information content (AvgIpc) is 3.01. The van der Waals surface area contributed by atoms with Crippen LogP contribution in [0.15, 0.2) is 65.6 Å². The quantitative estimate of drug-likeness (QED) is 0.289. The van der Waals surface area contributed by atoms with Gasteiger partial charge in [0.25, 0.3) is 5.91 Å². The summed E-state index contributed by atoms with van der Waals surface area (Å²) >= 11 is 13.3. The Balaban J connectivity index is 1.67. The summed E-state index contributed by atoms with van der Waals surface area (Å²) in [6, 6.07) is 11.2. The topological polar surface area (TPSA) is 79.5 Å². The van der Waals surface area contributed by atoms with Gasteiger partial charge in [0.2, 0.25) is 0 Å². The molecule has 1 amide bonds. The molecule has 10 heteroatoms. The Labute approximate surface area is 194 Å². The van der Waals surface area contributed by atoms with Gasteiger partial charge < -0.3 is 5.11 Å². The Kier molecular flexibility index (Phi) is 7.08. The molecule has 0 bridgehead atoms. The molecule has 6 nitrogen and oxygen atoms in total. The molecule has 0 saturated carbocycles. The van der Waals surface area contributed by atoms with E-state index in [4.69, 9.17) is 0 Å². The van der Waals surface area contributed by atoms with Crippen LogP contribution in [0, 0.1) is 0 Å². The Morgan fingerprint density at radius 1 is 1.11 bits per heavy atom. The lowest BCUT2D eigenvalue weighted by Gasteiger charge is -2.02. The molecule has 2 aromatic carbocycles. The Hall–Kier alpha value is -1.49. The molecule has 0 spiro atoms. The zero-order chi connectivity index (χ0) is 20.3. The fourth-order valence-electron chi connectivity index (χ4n) is 2.29. The number of hydrogen-bond donors (Lipinski definition) is 2. The molecule has 144 valence electrons. The van der Waals surface area contributed by atoms with Crippen LogP contribution in [-0.2, 0) is 6.54 Å². The van der Waals surface area contributed by atoms with Gasteiger partial charge in [-0.25, -0.2) is 5.43 Å². The van der Waals surface area contributed by atoms with E-state index in [1.54, 1.807) is 23.0 Å². The molecular weight excluding hydrogens is 624 g/mol. The highest BCUT2D eigenvalue weighted by Gasteiger charge is 2.15. The van der Waals surface area contributed by atoms with E-state index >= 15 is 0 Å². The molecule has 0 atom stereocenters. The van der Waals surface area contributed by atoms with Crippen molar-refractivity contribution in [3.05, 3.63) is 77.3 Å². The van der Waals surface area contributed by atoms with Crippen LogP contribution in [0.4, 0.5) is 0 Å². The molecule has 0 unspecified atom stereocenters. The summed E-state index contributed by atoms with van der Waals surface area (Å²) in [6.45, 7) is 0.540. The molecule has 1 aromatic heterocycles. The van der Waals surface area contributed by atoms with Gasteiger partial charge in [-0.05, 0) is 83.2 Å². The van der Waals surface area contributed by atoms with E-state index in [-0.39, 0.29) is 11.4 Å². The third-order valence-electron chi connectivity index (χ3n) is 3.61. The van der Waals surface area contributed by atoms with Crippen molar-refractivity contribution < 1.29 is 9.90 Å². The van der Waals surface area contributed by atoms with Crippen molar-refractivity contribution >= 4 is 75.8 Å². The molecule has 1 heterocycles. The second-order valence-corrected chi connectivity index (χ2v) is 9.16. The van der Waals surface area contributed by atoms with Gasteiger partial charge >= 0.3 is 0 Å². The maximum atomic E-state index is 12.4. The van der Waals surface area contributed by atoms with Crippen molar-refractivity contribution in [1.29, 1.82) is 0 Å². The second kappa shape index (κ2) is 9.34. The predicted molar refractivity (Wildman–Crippen MR) is 122 cm³/mol. The van der Waals surface area contributed by atoms with Crippen LogP contribution in [-0.4, -0.2) is 27.0 Å². The zero-order valence-corrected chi connectivity index (χ0v) is 20.4. The van der Waals surface area contributed by atoms with E-state index in [1.807, 2.05) is 24.3 Å². The minimum absolute atomic E-state index is 0.0985. The van der Waals surface area contributed by atoms with Gasteiger partial charge in [0.1, 0.15) is 5.75 Å². The van der Waals surface area contributed by atoms with E-state index in [2.05, 4.69) is 79.3 Å². The fourth-order valence-corrected chi connectivity index (χ4v) is 4.27. The van der Waals surface area contributed by atoms with Crippen LogP contribution >= 0.6 is 63.7 Å². The van der Waals surface area contributed by atoms with Crippen LogP contribution in [0.5, 0.6) is 5.75 Å². The maximum Gasteiger partial charge on any atom is 0.293 e. The van der Waals surface area contributed by atoms with Gasteiger partial charge in [0.05, 0.1) is 26.2 Å². The number of halogens is 4. The number of amides is 1. The third-order valence-corrected chi connectivity index (χ3v) is 5.93. The standard InChI is InChI=1S/C18H12Br4N4O2/c19-12-3-1-10(2-4-12)8-26-9-15(22)16(25-26)18(28)24-23-7-11-5-13(20)17(27)14(21)6-11/h1-7,9,27H,8H2,(H,24,28). The highest BCUT2D eigenvalue weighted by atomic mass is 79.9. The first-order valence-corrected chi connectivity index (χ1v) is 11.0. The van der Waals surface area contributed by atoms with Crippen LogP contribution in [0.3, 0.4) is 0 Å². The van der Waals surface area contributed by atoms with Gasteiger partial charge in [0.15, 0.2) is 5.69 Å². The van der Waals surface area contributed by atoms with Crippen LogP contribution in [0.25, 0.3) is 0 Å². The molecule has 0 aliphatic rings. The minimum atomic E-state index is -0.436. The summed E-state index contributed by atoms with van der Waals surface area (Å²) in [5.41, 5.74) is 4.44. The lowest BCUT2D eigenvalue weighted by atomic mass is 10.2. The highest BCUT2D eigenvalue weighted by molar-refractivity contribution is 9.11. The van der Waals surface area contributed by atoms with Crippen LogP contribution in [0.1, 0.15) is 21.6 Å². The molecule has 0 fully saturated rings. The van der Waals surface area contributed by atoms with E-state index in [0.717, 1.165) is 10.0 Å². The van der Waals surface area contributed by atoms with Gasteiger partial charge in [-0.2, -0.15) is 10.2 Å². The van der Waals surface area contributed by atoms with Gasteiger partial charge in [-0.15, -0.1) is 0 Å². The third kappa shape index (κ3) is 5.31. The predicted octanol–water partition coefficient (Wildman–Crippen LogP) is 5.45. The molecule has 0 radical (unpaired) electrons. The number of nitrogens with zero attached hydrogens (tertiary/aromatic N) is 3. The Morgan fingerprint density at radius 2 is 1.75 bits per heavy atom. The van der Waals surface area contributed by atoms with Crippen molar-refractivity contribution in [2.45, 2.75) is 6.54 Å². The summed E-state index contributed by atoms with van der Waals surface area (Å²) in [5.74, 6) is -0.337. The van der Waals surface area contributed by atoms with Gasteiger partial charge in [0, 0.05) is 10.7 Å². The zero-order valence-electron chi connectivity index (χ0n) is 14.0. The maximum absolute atomic E-state index is 12.4. The summed E-state index contributed by atoms with van der Waals surface area (Å²) < 4.78 is 4.30. The first kappa shape index (κ1) is 21.2. The number of rotatable bonds is 5. The number of aromatic nitrogens is 2. The van der Waals surface area contributed by atoms with Gasteiger partial charge in [-0.3, -0.25) is 9.48 Å². The first-order chi connectivity index (χ1) is 13.3. The van der Waals surface area contributed by atoms with Crippen molar-refractivity contribution in [1.82, 2.24) is 15.2 Å². The molecule has 0 aliphatic heterocycles. The average molecular weight is 636 g/mol. The molecule has 0 saturated heterocycles. The highest BCUT2D eigenvalue weighted by Crippen LogP contribution is 2.32. The molecule has 2 N–H and O–H groups in total. The summed E-state index contributed by atoms with van der Waals surface area (Å²) in [6.07, 6.45) is 3.22. The number of phenols is 1. The number of aromatic hydroxyl groups is 1. The van der Waals surface area contributed by atoms with Crippen LogP contribution in [0.2, 0.25) is 0 Å². The van der Waals surface area contributed by atoms with Gasteiger partial charge in [-0.1, -0.05) is 28.1 Å². The van der Waals surface area contributed by atoms with Crippen molar-refractivity contribution in [3.63, 3.8) is 0 Å². The summed E-state index contributed by atoms with van der Waals surface area (Å²) in [4.78, 5) is 12.4.